The lowest BCUT2D eigenvalue weighted by atomic mass is 10.0. The van der Waals surface area contributed by atoms with E-state index < -0.39 is 0 Å². The molecule has 2 heterocycles. The number of H-pyrrole nitrogens is 1. The van der Waals surface area contributed by atoms with Crippen molar-refractivity contribution >= 4 is 43.9 Å². The predicted octanol–water partition coefficient (Wildman–Crippen LogP) is 6.83. The van der Waals surface area contributed by atoms with Gasteiger partial charge in [-0.1, -0.05) is 37.6 Å². The molecule has 22 heavy (non-hydrogen) atoms. The van der Waals surface area contributed by atoms with Crippen LogP contribution in [0.1, 0.15) is 25.5 Å². The number of aromatic amines is 1. The summed E-state index contributed by atoms with van der Waals surface area (Å²) in [5.41, 5.74) is 4.65. The number of benzene rings is 2. The lowest BCUT2D eigenvalue weighted by Crippen LogP contribution is -1.85. The zero-order chi connectivity index (χ0) is 15.3. The average molecular weight is 326 g/mol. The van der Waals surface area contributed by atoms with Crippen molar-refractivity contribution in [2.24, 2.45) is 0 Å². The van der Waals surface area contributed by atoms with Crippen molar-refractivity contribution in [3.8, 4) is 11.1 Å². The van der Waals surface area contributed by atoms with Crippen LogP contribution >= 0.6 is 22.9 Å². The summed E-state index contributed by atoms with van der Waals surface area (Å²) in [6.07, 6.45) is 0. The van der Waals surface area contributed by atoms with Gasteiger partial charge < -0.3 is 4.98 Å². The Morgan fingerprint density at radius 1 is 1.00 bits per heavy atom. The first-order valence-corrected chi connectivity index (χ1v) is 8.67. The van der Waals surface area contributed by atoms with E-state index in [0.29, 0.717) is 5.92 Å². The molecule has 2 aromatic heterocycles. The Morgan fingerprint density at radius 2 is 1.86 bits per heavy atom. The molecular weight excluding hydrogens is 310 g/mol. The zero-order valence-electron chi connectivity index (χ0n) is 12.5. The Hall–Kier alpha value is -1.77. The quantitative estimate of drug-likeness (QED) is 0.416. The highest BCUT2D eigenvalue weighted by Crippen LogP contribution is 2.35. The van der Waals surface area contributed by atoms with E-state index in [1.165, 1.54) is 26.7 Å². The molecule has 4 aromatic rings. The van der Waals surface area contributed by atoms with Crippen molar-refractivity contribution in [2.45, 2.75) is 19.8 Å². The molecule has 110 valence electrons. The van der Waals surface area contributed by atoms with Crippen LogP contribution in [0.3, 0.4) is 0 Å². The minimum Gasteiger partial charge on any atom is -0.358 e. The summed E-state index contributed by atoms with van der Waals surface area (Å²) in [7, 11) is 0. The highest BCUT2D eigenvalue weighted by Gasteiger charge is 2.10. The highest BCUT2D eigenvalue weighted by molar-refractivity contribution is 7.17. The minimum atomic E-state index is 0.483. The molecule has 4 rings (SSSR count). The lowest BCUT2D eigenvalue weighted by Gasteiger charge is -2.06. The van der Waals surface area contributed by atoms with Crippen LogP contribution in [0.25, 0.3) is 32.1 Å². The van der Waals surface area contributed by atoms with Gasteiger partial charge in [0, 0.05) is 31.9 Å². The van der Waals surface area contributed by atoms with Gasteiger partial charge in [0.2, 0.25) is 0 Å². The van der Waals surface area contributed by atoms with Crippen LogP contribution in [0.5, 0.6) is 0 Å². The van der Waals surface area contributed by atoms with E-state index in [0.717, 1.165) is 16.1 Å². The van der Waals surface area contributed by atoms with Crippen LogP contribution in [0.4, 0.5) is 0 Å². The standard InChI is InChI=1S/C19H16ClNS/c1-11(2)17-8-14-7-16(20)15(10-18(14)21-17)13-4-3-12-5-6-22-19(12)9-13/h3-11,21H,1-2H3. The third-order valence-corrected chi connectivity index (χ3v) is 5.31. The van der Waals surface area contributed by atoms with E-state index in [1.807, 2.05) is 0 Å². The normalized spacial score (nSPS) is 11.8. The molecule has 0 radical (unpaired) electrons. The van der Waals surface area contributed by atoms with Crippen LogP contribution in [-0.4, -0.2) is 4.98 Å². The van der Waals surface area contributed by atoms with Gasteiger partial charge in [-0.2, -0.15) is 0 Å². The number of hydrogen-bond donors (Lipinski definition) is 1. The van der Waals surface area contributed by atoms with E-state index in [2.05, 4.69) is 66.7 Å². The fourth-order valence-electron chi connectivity index (χ4n) is 2.83. The Bertz CT molecular complexity index is 978. The van der Waals surface area contributed by atoms with Gasteiger partial charge in [-0.25, -0.2) is 0 Å². The van der Waals surface area contributed by atoms with Crippen LogP contribution < -0.4 is 0 Å². The molecule has 0 atom stereocenters. The second-order valence-electron chi connectivity index (χ2n) is 5.97. The molecule has 0 bridgehead atoms. The fourth-order valence-corrected chi connectivity index (χ4v) is 3.94. The molecular formula is C19H16ClNS. The van der Waals surface area contributed by atoms with Crippen molar-refractivity contribution in [3.05, 3.63) is 58.6 Å². The topological polar surface area (TPSA) is 15.8 Å². The second-order valence-corrected chi connectivity index (χ2v) is 7.33. The fraction of sp³-hybridized carbons (Fsp3) is 0.158. The summed E-state index contributed by atoms with van der Waals surface area (Å²) in [6, 6.07) is 15.1. The zero-order valence-corrected chi connectivity index (χ0v) is 14.1. The number of rotatable bonds is 2. The number of nitrogens with one attached hydrogen (secondary N) is 1. The number of thiophene rings is 1. The van der Waals surface area contributed by atoms with Gasteiger partial charge in [-0.05, 0) is 52.6 Å². The SMILES string of the molecule is CC(C)c1cc2cc(Cl)c(-c3ccc4ccsc4c3)cc2[nH]1. The Kier molecular flexibility index (Phi) is 3.24. The summed E-state index contributed by atoms with van der Waals surface area (Å²) in [5, 5.41) is 5.39. The molecule has 0 amide bonds. The van der Waals surface area contributed by atoms with E-state index in [9.17, 15) is 0 Å². The van der Waals surface area contributed by atoms with Crippen molar-refractivity contribution in [1.29, 1.82) is 0 Å². The number of hydrogen-bond acceptors (Lipinski definition) is 1. The van der Waals surface area contributed by atoms with Gasteiger partial charge in [0.25, 0.3) is 0 Å². The average Bonchev–Trinajstić information content (AvgIpc) is 3.11. The first-order chi connectivity index (χ1) is 10.6. The molecule has 0 aliphatic heterocycles. The van der Waals surface area contributed by atoms with Gasteiger partial charge in [-0.15, -0.1) is 11.3 Å². The highest BCUT2D eigenvalue weighted by atomic mass is 35.5. The summed E-state index contributed by atoms with van der Waals surface area (Å²) in [5.74, 6) is 0.483. The van der Waals surface area contributed by atoms with Crippen molar-refractivity contribution in [3.63, 3.8) is 0 Å². The van der Waals surface area contributed by atoms with Gasteiger partial charge >= 0.3 is 0 Å². The van der Waals surface area contributed by atoms with Gasteiger partial charge in [0.05, 0.1) is 0 Å². The first kappa shape index (κ1) is 13.9. The number of fused-ring (bicyclic) bond motifs is 2. The van der Waals surface area contributed by atoms with Gasteiger partial charge in [0.1, 0.15) is 0 Å². The molecule has 0 saturated carbocycles. The largest absolute Gasteiger partial charge is 0.358 e. The van der Waals surface area contributed by atoms with Crippen LogP contribution in [0.15, 0.2) is 47.8 Å². The maximum atomic E-state index is 6.54. The summed E-state index contributed by atoms with van der Waals surface area (Å²) >= 11 is 8.30. The van der Waals surface area contributed by atoms with Crippen molar-refractivity contribution in [2.75, 3.05) is 0 Å². The third kappa shape index (κ3) is 2.23. The molecule has 1 N–H and O–H groups in total. The van der Waals surface area contributed by atoms with Gasteiger partial charge in [-0.3, -0.25) is 0 Å². The molecule has 0 fully saturated rings. The van der Waals surface area contributed by atoms with E-state index in [-0.39, 0.29) is 0 Å². The molecule has 0 aliphatic rings. The Labute approximate surface area is 138 Å². The molecule has 0 unspecified atom stereocenters. The molecule has 0 spiro atoms. The van der Waals surface area contributed by atoms with Crippen molar-refractivity contribution in [1.82, 2.24) is 4.98 Å². The molecule has 0 aliphatic carbocycles. The second kappa shape index (κ2) is 5.15. The van der Waals surface area contributed by atoms with Crippen LogP contribution in [0, 0.1) is 0 Å². The molecule has 3 heteroatoms. The van der Waals surface area contributed by atoms with E-state index >= 15 is 0 Å². The van der Waals surface area contributed by atoms with Crippen molar-refractivity contribution < 1.29 is 0 Å². The maximum absolute atomic E-state index is 6.54. The Balaban J connectivity index is 1.91. The van der Waals surface area contributed by atoms with E-state index in [1.54, 1.807) is 11.3 Å². The minimum absolute atomic E-state index is 0.483. The summed E-state index contributed by atoms with van der Waals surface area (Å²) in [6.45, 7) is 4.38. The van der Waals surface area contributed by atoms with Crippen LogP contribution in [0.2, 0.25) is 5.02 Å². The third-order valence-electron chi connectivity index (χ3n) is 4.12. The Morgan fingerprint density at radius 3 is 2.68 bits per heavy atom. The lowest BCUT2D eigenvalue weighted by molar-refractivity contribution is 0.836. The first-order valence-electron chi connectivity index (χ1n) is 7.41. The van der Waals surface area contributed by atoms with Crippen LogP contribution in [-0.2, 0) is 0 Å². The molecule has 0 saturated heterocycles. The van der Waals surface area contributed by atoms with E-state index in [4.69, 9.17) is 11.6 Å². The molecule has 2 aromatic carbocycles. The number of halogens is 1. The predicted molar refractivity (Wildman–Crippen MR) is 98.2 cm³/mol. The molecule has 1 nitrogen and oxygen atoms in total. The monoisotopic (exact) mass is 325 g/mol. The smallest absolute Gasteiger partial charge is 0.0491 e. The summed E-state index contributed by atoms with van der Waals surface area (Å²) < 4.78 is 1.29. The van der Waals surface area contributed by atoms with Gasteiger partial charge in [0.15, 0.2) is 0 Å². The summed E-state index contributed by atoms with van der Waals surface area (Å²) in [4.78, 5) is 3.51. The number of aromatic nitrogens is 1. The maximum Gasteiger partial charge on any atom is 0.0491 e.